The van der Waals surface area contributed by atoms with Gasteiger partial charge in [0, 0.05) is 36.7 Å². The van der Waals surface area contributed by atoms with Gasteiger partial charge in [-0.05, 0) is 23.8 Å². The molecule has 1 aromatic heterocycles. The number of aliphatic hydroxyl groups is 1. The Morgan fingerprint density at radius 1 is 1.40 bits per heavy atom. The van der Waals surface area contributed by atoms with Crippen LogP contribution in [0.2, 0.25) is 0 Å². The second-order valence-electron chi connectivity index (χ2n) is 6.15. The predicted octanol–water partition coefficient (Wildman–Crippen LogP) is 0.955. The molecule has 7 heteroatoms. The van der Waals surface area contributed by atoms with Crippen LogP contribution in [-0.4, -0.2) is 73.6 Å². The standard InChI is InChI=1S/C18H24N2O5/c1-23-18(22)8-13-10-19-17-3-2-15(9-16(13)17)25-12-14(21)11-20-4-6-24-7-5-20/h2-3,9-10,14,19,21H,4-8,11-12H2,1H3/t14-/m1/s1. The van der Waals surface area contributed by atoms with Crippen LogP contribution in [0.5, 0.6) is 5.75 Å². The van der Waals surface area contributed by atoms with Crippen molar-refractivity contribution in [2.45, 2.75) is 12.5 Å². The van der Waals surface area contributed by atoms with Gasteiger partial charge in [0.05, 0.1) is 26.7 Å². The molecule has 3 rings (SSSR count). The summed E-state index contributed by atoms with van der Waals surface area (Å²) in [6.07, 6.45) is 1.45. The molecule has 1 atom stereocenters. The first-order chi connectivity index (χ1) is 12.2. The van der Waals surface area contributed by atoms with Crippen molar-refractivity contribution in [3.63, 3.8) is 0 Å². The topological polar surface area (TPSA) is 84.0 Å². The monoisotopic (exact) mass is 348 g/mol. The largest absolute Gasteiger partial charge is 0.491 e. The van der Waals surface area contributed by atoms with Crippen molar-refractivity contribution < 1.29 is 24.1 Å². The number of nitrogens with one attached hydrogen (secondary N) is 1. The van der Waals surface area contributed by atoms with Gasteiger partial charge in [-0.15, -0.1) is 0 Å². The zero-order chi connectivity index (χ0) is 17.6. The molecule has 136 valence electrons. The number of rotatable bonds is 7. The van der Waals surface area contributed by atoms with E-state index in [1.807, 2.05) is 18.2 Å². The molecule has 0 amide bonds. The molecule has 7 nitrogen and oxygen atoms in total. The molecule has 2 N–H and O–H groups in total. The average molecular weight is 348 g/mol. The number of ether oxygens (including phenoxy) is 3. The molecule has 1 aliphatic rings. The summed E-state index contributed by atoms with van der Waals surface area (Å²) in [5, 5.41) is 11.1. The van der Waals surface area contributed by atoms with Crippen molar-refractivity contribution in [3.8, 4) is 5.75 Å². The van der Waals surface area contributed by atoms with Crippen molar-refractivity contribution in [1.29, 1.82) is 0 Å². The number of aromatic nitrogens is 1. The van der Waals surface area contributed by atoms with E-state index in [9.17, 15) is 9.90 Å². The Morgan fingerprint density at radius 3 is 2.96 bits per heavy atom. The van der Waals surface area contributed by atoms with Crippen LogP contribution in [0.1, 0.15) is 5.56 Å². The molecule has 2 heterocycles. The molecular formula is C18H24N2O5. The maximum Gasteiger partial charge on any atom is 0.310 e. The minimum absolute atomic E-state index is 0.208. The first kappa shape index (κ1) is 17.7. The lowest BCUT2D eigenvalue weighted by Gasteiger charge is -2.28. The van der Waals surface area contributed by atoms with Gasteiger partial charge in [-0.1, -0.05) is 0 Å². The Labute approximate surface area is 146 Å². The SMILES string of the molecule is COC(=O)Cc1c[nH]c2ccc(OC[C@H](O)CN3CCOCC3)cc12. The highest BCUT2D eigenvalue weighted by Crippen LogP contribution is 2.24. The minimum Gasteiger partial charge on any atom is -0.491 e. The molecular weight excluding hydrogens is 324 g/mol. The minimum atomic E-state index is -0.561. The van der Waals surface area contributed by atoms with Crippen molar-refractivity contribution in [3.05, 3.63) is 30.0 Å². The Balaban J connectivity index is 1.59. The maximum atomic E-state index is 11.5. The van der Waals surface area contributed by atoms with E-state index in [1.165, 1.54) is 7.11 Å². The van der Waals surface area contributed by atoms with Crippen LogP contribution in [0.3, 0.4) is 0 Å². The number of aliphatic hydroxyl groups excluding tert-OH is 1. The van der Waals surface area contributed by atoms with Crippen molar-refractivity contribution in [1.82, 2.24) is 9.88 Å². The quantitative estimate of drug-likeness (QED) is 0.725. The van der Waals surface area contributed by atoms with Gasteiger partial charge in [0.15, 0.2) is 0 Å². The summed E-state index contributed by atoms with van der Waals surface area (Å²) in [6, 6.07) is 5.63. The molecule has 1 aliphatic heterocycles. The zero-order valence-electron chi connectivity index (χ0n) is 14.4. The van der Waals surface area contributed by atoms with E-state index in [0.717, 1.165) is 29.6 Å². The number of morpholine rings is 1. The zero-order valence-corrected chi connectivity index (χ0v) is 14.4. The van der Waals surface area contributed by atoms with Crippen LogP contribution < -0.4 is 4.74 Å². The van der Waals surface area contributed by atoms with Crippen molar-refractivity contribution in [2.24, 2.45) is 0 Å². The summed E-state index contributed by atoms with van der Waals surface area (Å²) in [4.78, 5) is 16.8. The fourth-order valence-electron chi connectivity index (χ4n) is 2.95. The Hall–Kier alpha value is -2.09. The molecule has 0 radical (unpaired) electrons. The van der Waals surface area contributed by atoms with Crippen LogP contribution in [0.25, 0.3) is 10.9 Å². The normalized spacial score (nSPS) is 16.7. The molecule has 0 bridgehead atoms. The van der Waals surface area contributed by atoms with Gasteiger partial charge in [0.25, 0.3) is 0 Å². The molecule has 1 fully saturated rings. The number of hydrogen-bond donors (Lipinski definition) is 2. The molecule has 0 spiro atoms. The van der Waals surface area contributed by atoms with Crippen molar-refractivity contribution in [2.75, 3.05) is 46.6 Å². The lowest BCUT2D eigenvalue weighted by atomic mass is 10.1. The number of nitrogens with zero attached hydrogens (tertiary/aromatic N) is 1. The third-order valence-corrected chi connectivity index (χ3v) is 4.32. The van der Waals surface area contributed by atoms with Gasteiger partial charge < -0.3 is 24.3 Å². The highest BCUT2D eigenvalue weighted by Gasteiger charge is 2.16. The lowest BCUT2D eigenvalue weighted by molar-refractivity contribution is -0.139. The molecule has 2 aromatic rings. The number of hydrogen-bond acceptors (Lipinski definition) is 6. The third-order valence-electron chi connectivity index (χ3n) is 4.32. The number of carbonyl (C=O) groups excluding carboxylic acids is 1. The maximum absolute atomic E-state index is 11.5. The number of esters is 1. The lowest BCUT2D eigenvalue weighted by Crippen LogP contribution is -2.42. The van der Waals surface area contributed by atoms with Crippen molar-refractivity contribution >= 4 is 16.9 Å². The van der Waals surface area contributed by atoms with Crippen LogP contribution in [-0.2, 0) is 20.7 Å². The van der Waals surface area contributed by atoms with Crippen LogP contribution >= 0.6 is 0 Å². The number of benzene rings is 1. The van der Waals surface area contributed by atoms with Crippen LogP contribution in [0.15, 0.2) is 24.4 Å². The molecule has 25 heavy (non-hydrogen) atoms. The van der Waals surface area contributed by atoms with E-state index < -0.39 is 6.10 Å². The average Bonchev–Trinajstić information content (AvgIpc) is 3.03. The first-order valence-electron chi connectivity index (χ1n) is 8.43. The van der Waals surface area contributed by atoms with Gasteiger partial charge in [0.1, 0.15) is 18.5 Å². The van der Waals surface area contributed by atoms with E-state index >= 15 is 0 Å². The number of methoxy groups -OCH3 is 1. The highest BCUT2D eigenvalue weighted by molar-refractivity contribution is 5.88. The van der Waals surface area contributed by atoms with Gasteiger partial charge in [0.2, 0.25) is 0 Å². The molecule has 1 saturated heterocycles. The van der Waals surface area contributed by atoms with Gasteiger partial charge in [-0.2, -0.15) is 0 Å². The molecule has 0 aliphatic carbocycles. The summed E-state index contributed by atoms with van der Waals surface area (Å²) in [6.45, 7) is 3.89. The summed E-state index contributed by atoms with van der Waals surface area (Å²) in [5.74, 6) is 0.382. The van der Waals surface area contributed by atoms with E-state index in [0.29, 0.717) is 25.5 Å². The summed E-state index contributed by atoms with van der Waals surface area (Å²) in [7, 11) is 1.38. The Bertz CT molecular complexity index is 709. The van der Waals surface area contributed by atoms with Gasteiger partial charge >= 0.3 is 5.97 Å². The summed E-state index contributed by atoms with van der Waals surface area (Å²) in [5.41, 5.74) is 1.79. The van der Waals surface area contributed by atoms with Gasteiger partial charge in [-0.3, -0.25) is 9.69 Å². The number of β-amino-alcohol motifs (C(OH)–C–C–N with tert-alkyl or cyclic N) is 1. The Morgan fingerprint density at radius 2 is 2.20 bits per heavy atom. The number of carbonyl (C=O) groups is 1. The van der Waals surface area contributed by atoms with Gasteiger partial charge in [-0.25, -0.2) is 0 Å². The van der Waals surface area contributed by atoms with E-state index in [-0.39, 0.29) is 19.0 Å². The van der Waals surface area contributed by atoms with E-state index in [2.05, 4.69) is 9.88 Å². The predicted molar refractivity (Wildman–Crippen MR) is 92.8 cm³/mol. The first-order valence-corrected chi connectivity index (χ1v) is 8.43. The number of fused-ring (bicyclic) bond motifs is 1. The number of H-pyrrole nitrogens is 1. The third kappa shape index (κ3) is 4.72. The second kappa shape index (κ2) is 8.33. The van der Waals surface area contributed by atoms with E-state index in [4.69, 9.17) is 14.2 Å². The summed E-state index contributed by atoms with van der Waals surface area (Å²) >= 11 is 0. The fourth-order valence-corrected chi connectivity index (χ4v) is 2.95. The fraction of sp³-hybridized carbons (Fsp3) is 0.500. The molecule has 0 unspecified atom stereocenters. The number of aromatic amines is 1. The van der Waals surface area contributed by atoms with Crippen LogP contribution in [0, 0.1) is 0 Å². The highest BCUT2D eigenvalue weighted by atomic mass is 16.5. The second-order valence-corrected chi connectivity index (χ2v) is 6.15. The molecule has 1 aromatic carbocycles. The van der Waals surface area contributed by atoms with Crippen LogP contribution in [0.4, 0.5) is 0 Å². The smallest absolute Gasteiger partial charge is 0.310 e. The Kier molecular flexibility index (Phi) is 5.91. The molecule has 0 saturated carbocycles. The van der Waals surface area contributed by atoms with E-state index in [1.54, 1.807) is 6.20 Å². The summed E-state index contributed by atoms with van der Waals surface area (Å²) < 4.78 is 15.8.